The third kappa shape index (κ3) is 4.42. The van der Waals surface area contributed by atoms with Gasteiger partial charge < -0.3 is 20.3 Å². The number of anilines is 2. The van der Waals surface area contributed by atoms with Crippen molar-refractivity contribution in [2.45, 2.75) is 57.6 Å². The average Bonchev–Trinajstić information content (AvgIpc) is 3.38. The van der Waals surface area contributed by atoms with Crippen LogP contribution in [0.1, 0.15) is 32.6 Å². The molecule has 2 aliphatic heterocycles. The van der Waals surface area contributed by atoms with Gasteiger partial charge in [0.25, 0.3) is 5.56 Å². The number of alkyl halides is 3. The molecule has 0 spiro atoms. The van der Waals surface area contributed by atoms with E-state index in [0.717, 1.165) is 12.8 Å². The van der Waals surface area contributed by atoms with Gasteiger partial charge in [-0.05, 0) is 26.2 Å². The highest BCUT2D eigenvalue weighted by molar-refractivity contribution is 5.77. The summed E-state index contributed by atoms with van der Waals surface area (Å²) in [5.74, 6) is 4.11. The molecule has 2 unspecified atom stereocenters. The number of piperidine rings is 1. The van der Waals surface area contributed by atoms with E-state index in [1.54, 1.807) is 11.5 Å². The van der Waals surface area contributed by atoms with Crippen molar-refractivity contribution in [3.05, 3.63) is 10.4 Å². The lowest BCUT2D eigenvalue weighted by atomic mass is 10.1. The summed E-state index contributed by atoms with van der Waals surface area (Å²) in [6, 6.07) is -0.0284. The van der Waals surface area contributed by atoms with Gasteiger partial charge in [0.2, 0.25) is 11.9 Å². The number of carbonyl (C=O) groups excluding carboxylic acids is 1. The minimum atomic E-state index is -5.11. The molecule has 4 heterocycles. The van der Waals surface area contributed by atoms with E-state index in [9.17, 15) is 22.8 Å². The Balaban J connectivity index is 1.78. The normalized spacial score (nSPS) is 21.0. The highest BCUT2D eigenvalue weighted by Crippen LogP contribution is 2.29. The zero-order valence-corrected chi connectivity index (χ0v) is 18.9. The summed E-state index contributed by atoms with van der Waals surface area (Å²) >= 11 is 0. The molecular weight excluding hydrogens is 455 g/mol. The lowest BCUT2D eigenvalue weighted by Gasteiger charge is -2.31. The number of rotatable bonds is 4. The maximum Gasteiger partial charge on any atom is 0.491 e. The monoisotopic (exact) mass is 481 g/mol. The predicted octanol–water partition coefficient (Wildman–Crippen LogP) is 1.11. The van der Waals surface area contributed by atoms with Gasteiger partial charge in [-0.2, -0.15) is 23.1 Å². The number of esters is 1. The fourth-order valence-corrected chi connectivity index (χ4v) is 4.41. The first kappa shape index (κ1) is 23.9. The van der Waals surface area contributed by atoms with E-state index >= 15 is 0 Å². The molecule has 184 valence electrons. The lowest BCUT2D eigenvalue weighted by molar-refractivity contribution is -0.204. The number of hydrogen-bond donors (Lipinski definition) is 1. The number of nitrogens with zero attached hydrogens (tertiary/aromatic N) is 6. The Morgan fingerprint density at radius 2 is 1.91 bits per heavy atom. The SMILES string of the molecule is CC#CCn1c(N2CCCC(N)C2)nc2nc(N3CCCC3OC(=O)C(F)(F)F)n(C)c(=O)c21. The second-order valence-electron chi connectivity index (χ2n) is 8.41. The molecule has 0 aliphatic carbocycles. The minimum Gasteiger partial charge on any atom is -0.435 e. The van der Waals surface area contributed by atoms with Gasteiger partial charge in [-0.15, -0.1) is 5.92 Å². The Labute approximate surface area is 193 Å². The standard InChI is InChI=1S/C21H26F3N7O3/c1-3-4-10-31-15-16(27-20(31)29-9-5-7-13(25)12-29)26-19(28(2)17(15)32)30-11-6-8-14(30)34-18(33)21(22,23)24/h13-14H,5-12,25H2,1-2H3. The van der Waals surface area contributed by atoms with Crippen molar-refractivity contribution in [2.24, 2.45) is 12.8 Å². The van der Waals surface area contributed by atoms with Gasteiger partial charge in [-0.1, -0.05) is 5.92 Å². The van der Waals surface area contributed by atoms with Gasteiger partial charge in [-0.25, -0.2) is 4.79 Å². The van der Waals surface area contributed by atoms with Crippen LogP contribution in [0.2, 0.25) is 0 Å². The first-order valence-electron chi connectivity index (χ1n) is 11.0. The molecule has 0 amide bonds. The number of carbonyl (C=O) groups is 1. The van der Waals surface area contributed by atoms with Crippen molar-refractivity contribution >= 4 is 29.0 Å². The zero-order chi connectivity index (χ0) is 24.6. The van der Waals surface area contributed by atoms with E-state index in [1.165, 1.54) is 16.5 Å². The van der Waals surface area contributed by atoms with Crippen molar-refractivity contribution in [2.75, 3.05) is 29.4 Å². The maximum absolute atomic E-state index is 13.4. The Kier molecular flexibility index (Phi) is 6.44. The number of hydrogen-bond acceptors (Lipinski definition) is 8. The van der Waals surface area contributed by atoms with Gasteiger partial charge in [-0.3, -0.25) is 13.9 Å². The first-order chi connectivity index (χ1) is 16.1. The number of halogens is 3. The van der Waals surface area contributed by atoms with Crippen LogP contribution < -0.4 is 21.1 Å². The van der Waals surface area contributed by atoms with Crippen LogP contribution in [0.4, 0.5) is 25.1 Å². The summed E-state index contributed by atoms with van der Waals surface area (Å²) < 4.78 is 45.8. The van der Waals surface area contributed by atoms with Gasteiger partial charge in [0, 0.05) is 39.1 Å². The molecule has 34 heavy (non-hydrogen) atoms. The largest absolute Gasteiger partial charge is 0.491 e. The van der Waals surface area contributed by atoms with Crippen LogP contribution in [0.15, 0.2) is 4.79 Å². The summed E-state index contributed by atoms with van der Waals surface area (Å²) in [4.78, 5) is 37.3. The molecule has 10 nitrogen and oxygen atoms in total. The second kappa shape index (κ2) is 9.17. The topological polar surface area (TPSA) is 112 Å². The molecule has 0 radical (unpaired) electrons. The van der Waals surface area contributed by atoms with Crippen molar-refractivity contribution in [3.63, 3.8) is 0 Å². The number of imidazole rings is 1. The van der Waals surface area contributed by atoms with Crippen molar-refractivity contribution in [1.29, 1.82) is 0 Å². The van der Waals surface area contributed by atoms with Crippen LogP contribution in [-0.2, 0) is 23.1 Å². The van der Waals surface area contributed by atoms with Gasteiger partial charge in [0.1, 0.15) is 0 Å². The molecule has 2 aliphatic rings. The van der Waals surface area contributed by atoms with Gasteiger partial charge >= 0.3 is 12.1 Å². The Morgan fingerprint density at radius 1 is 1.21 bits per heavy atom. The highest BCUT2D eigenvalue weighted by Gasteiger charge is 2.44. The molecule has 0 bridgehead atoms. The number of aromatic nitrogens is 4. The molecule has 2 atom stereocenters. The van der Waals surface area contributed by atoms with E-state index in [2.05, 4.69) is 26.5 Å². The molecule has 4 rings (SSSR count). The van der Waals surface area contributed by atoms with Crippen molar-refractivity contribution in [3.8, 4) is 11.8 Å². The molecular formula is C21H26F3N7O3. The summed E-state index contributed by atoms with van der Waals surface area (Å²) in [6.45, 7) is 3.47. The molecule has 2 aromatic rings. The van der Waals surface area contributed by atoms with Crippen LogP contribution in [0.25, 0.3) is 11.2 Å². The second-order valence-corrected chi connectivity index (χ2v) is 8.41. The third-order valence-electron chi connectivity index (χ3n) is 6.03. The molecule has 0 saturated carbocycles. The number of ether oxygens (including phenoxy) is 1. The molecule has 2 N–H and O–H groups in total. The molecule has 0 aromatic carbocycles. The van der Waals surface area contributed by atoms with E-state index in [4.69, 9.17) is 5.73 Å². The van der Waals surface area contributed by atoms with E-state index < -0.39 is 23.9 Å². The zero-order valence-electron chi connectivity index (χ0n) is 18.9. The van der Waals surface area contributed by atoms with Crippen LogP contribution in [0.3, 0.4) is 0 Å². The van der Waals surface area contributed by atoms with E-state index in [0.29, 0.717) is 25.5 Å². The summed E-state index contributed by atoms with van der Waals surface area (Å²) in [6.07, 6.45) is -3.87. The lowest BCUT2D eigenvalue weighted by Crippen LogP contribution is -2.44. The third-order valence-corrected chi connectivity index (χ3v) is 6.03. The smallest absolute Gasteiger partial charge is 0.435 e. The first-order valence-corrected chi connectivity index (χ1v) is 11.0. The molecule has 2 fully saturated rings. The highest BCUT2D eigenvalue weighted by atomic mass is 19.4. The fraction of sp³-hybridized carbons (Fsp3) is 0.619. The number of fused-ring (bicyclic) bond motifs is 1. The Morgan fingerprint density at radius 3 is 2.59 bits per heavy atom. The summed E-state index contributed by atoms with van der Waals surface area (Å²) in [7, 11) is 1.48. The minimum absolute atomic E-state index is 0.0284. The predicted molar refractivity (Wildman–Crippen MR) is 118 cm³/mol. The average molecular weight is 481 g/mol. The van der Waals surface area contributed by atoms with E-state index in [-0.39, 0.29) is 42.7 Å². The van der Waals surface area contributed by atoms with Gasteiger partial charge in [0.05, 0.1) is 6.54 Å². The fourth-order valence-electron chi connectivity index (χ4n) is 4.41. The van der Waals surface area contributed by atoms with Crippen LogP contribution >= 0.6 is 0 Å². The molecule has 2 aromatic heterocycles. The van der Waals surface area contributed by atoms with Crippen LogP contribution in [-0.4, -0.2) is 63.2 Å². The van der Waals surface area contributed by atoms with Crippen molar-refractivity contribution < 1.29 is 22.7 Å². The van der Waals surface area contributed by atoms with Gasteiger partial charge in [0.15, 0.2) is 17.4 Å². The summed E-state index contributed by atoms with van der Waals surface area (Å²) in [5.41, 5.74) is 6.10. The molecule has 13 heteroatoms. The van der Waals surface area contributed by atoms with Crippen LogP contribution in [0, 0.1) is 11.8 Å². The van der Waals surface area contributed by atoms with Crippen molar-refractivity contribution in [1.82, 2.24) is 19.1 Å². The quantitative estimate of drug-likeness (QED) is 0.511. The Bertz CT molecular complexity index is 1210. The number of nitrogens with two attached hydrogens (primary N) is 1. The molecule has 2 saturated heterocycles. The van der Waals surface area contributed by atoms with E-state index in [1.807, 2.05) is 4.90 Å². The maximum atomic E-state index is 13.4. The van der Waals surface area contributed by atoms with Crippen LogP contribution in [0.5, 0.6) is 0 Å². The Hall–Kier alpha value is -3.27. The summed E-state index contributed by atoms with van der Waals surface area (Å²) in [5, 5.41) is 0.